The van der Waals surface area contributed by atoms with Gasteiger partial charge in [-0.25, -0.2) is 13.4 Å². The molecule has 2 aromatic carbocycles. The lowest BCUT2D eigenvalue weighted by molar-refractivity contribution is 0.384. The molecule has 0 saturated carbocycles. The van der Waals surface area contributed by atoms with Crippen LogP contribution in [0.5, 0.6) is 0 Å². The number of anilines is 1. The fraction of sp³-hybridized carbons (Fsp3) is 0.348. The van der Waals surface area contributed by atoms with Crippen LogP contribution in [0.2, 0.25) is 0 Å². The topological polar surface area (TPSA) is 53.5 Å². The molecule has 0 radical (unpaired) electrons. The molecule has 0 aliphatic carbocycles. The lowest BCUT2D eigenvalue weighted by atomic mass is 10.1. The van der Waals surface area contributed by atoms with Crippen LogP contribution in [0.15, 0.2) is 46.7 Å². The number of nitrogens with zero attached hydrogens (tertiary/aromatic N) is 3. The van der Waals surface area contributed by atoms with E-state index in [1.165, 1.54) is 16.8 Å². The molecule has 1 aromatic heterocycles. The molecule has 0 atom stereocenters. The number of piperazine rings is 1. The highest BCUT2D eigenvalue weighted by molar-refractivity contribution is 7.89. The zero-order valence-electron chi connectivity index (χ0n) is 17.8. The second kappa shape index (κ2) is 8.13. The summed E-state index contributed by atoms with van der Waals surface area (Å²) in [6.45, 7) is 10.3. The Hall–Kier alpha value is -2.22. The van der Waals surface area contributed by atoms with Crippen molar-refractivity contribution in [2.45, 2.75) is 32.6 Å². The third-order valence-electron chi connectivity index (χ3n) is 5.66. The predicted molar refractivity (Wildman–Crippen MR) is 124 cm³/mol. The maximum absolute atomic E-state index is 13.5. The largest absolute Gasteiger partial charge is 0.369 e. The van der Waals surface area contributed by atoms with Gasteiger partial charge in [0.25, 0.3) is 0 Å². The molecule has 158 valence electrons. The smallest absolute Gasteiger partial charge is 0.243 e. The van der Waals surface area contributed by atoms with E-state index in [0.717, 1.165) is 21.8 Å². The van der Waals surface area contributed by atoms with Gasteiger partial charge in [0, 0.05) is 42.8 Å². The summed E-state index contributed by atoms with van der Waals surface area (Å²) in [5.74, 6) is 0. The first-order valence-corrected chi connectivity index (χ1v) is 12.4. The first-order valence-electron chi connectivity index (χ1n) is 10.1. The van der Waals surface area contributed by atoms with E-state index in [0.29, 0.717) is 31.1 Å². The van der Waals surface area contributed by atoms with Crippen LogP contribution < -0.4 is 4.90 Å². The Kier molecular flexibility index (Phi) is 5.70. The van der Waals surface area contributed by atoms with Gasteiger partial charge in [-0.2, -0.15) is 4.31 Å². The van der Waals surface area contributed by atoms with E-state index in [2.05, 4.69) is 41.9 Å². The van der Waals surface area contributed by atoms with Crippen LogP contribution >= 0.6 is 11.3 Å². The standard InChI is InChI=1S/C23H27N3O2S2/c1-16-5-6-17(2)22(13-16)25-9-11-26(12-10-25)30(27,28)23-14-20(8-7-18(23)3)21-15-29-19(4)24-21/h5-8,13-15H,9-12H2,1-4H3. The number of aryl methyl sites for hydroxylation is 4. The normalized spacial score (nSPS) is 15.5. The van der Waals surface area contributed by atoms with Crippen LogP contribution in [0, 0.1) is 27.7 Å². The van der Waals surface area contributed by atoms with Crippen molar-refractivity contribution in [2.75, 3.05) is 31.1 Å². The highest BCUT2D eigenvalue weighted by atomic mass is 32.2. The maximum atomic E-state index is 13.5. The van der Waals surface area contributed by atoms with Gasteiger partial charge in [-0.1, -0.05) is 24.3 Å². The first-order chi connectivity index (χ1) is 14.3. The van der Waals surface area contributed by atoms with E-state index < -0.39 is 10.0 Å². The van der Waals surface area contributed by atoms with E-state index in [9.17, 15) is 8.42 Å². The van der Waals surface area contributed by atoms with Crippen LogP contribution in [0.25, 0.3) is 11.3 Å². The van der Waals surface area contributed by atoms with Crippen LogP contribution in [-0.2, 0) is 10.0 Å². The Balaban J connectivity index is 1.57. The molecule has 5 nitrogen and oxygen atoms in total. The van der Waals surface area contributed by atoms with Crippen LogP contribution in [0.4, 0.5) is 5.69 Å². The van der Waals surface area contributed by atoms with Crippen molar-refractivity contribution in [1.82, 2.24) is 9.29 Å². The number of aromatic nitrogens is 1. The van der Waals surface area contributed by atoms with Gasteiger partial charge in [0.2, 0.25) is 10.0 Å². The lowest BCUT2D eigenvalue weighted by Gasteiger charge is -2.36. The highest BCUT2D eigenvalue weighted by Gasteiger charge is 2.30. The number of thiazole rings is 1. The van der Waals surface area contributed by atoms with E-state index in [1.54, 1.807) is 21.7 Å². The minimum atomic E-state index is -3.56. The molecule has 1 saturated heterocycles. The van der Waals surface area contributed by atoms with Crippen molar-refractivity contribution in [2.24, 2.45) is 0 Å². The quantitative estimate of drug-likeness (QED) is 0.596. The molecule has 0 spiro atoms. The molecular weight excluding hydrogens is 414 g/mol. The average molecular weight is 442 g/mol. The number of benzene rings is 2. The number of rotatable bonds is 4. The molecule has 1 aliphatic rings. The summed E-state index contributed by atoms with van der Waals surface area (Å²) in [7, 11) is -3.56. The summed E-state index contributed by atoms with van der Waals surface area (Å²) in [5, 5.41) is 2.94. The maximum Gasteiger partial charge on any atom is 0.243 e. The Morgan fingerprint density at radius 2 is 1.60 bits per heavy atom. The molecule has 0 N–H and O–H groups in total. The average Bonchev–Trinajstić information content (AvgIpc) is 3.16. The van der Waals surface area contributed by atoms with Crippen LogP contribution in [-0.4, -0.2) is 43.9 Å². The van der Waals surface area contributed by atoms with Crippen LogP contribution in [0.1, 0.15) is 21.7 Å². The molecule has 30 heavy (non-hydrogen) atoms. The first kappa shape index (κ1) is 21.0. The molecule has 0 bridgehead atoms. The fourth-order valence-electron chi connectivity index (χ4n) is 3.90. The van der Waals surface area contributed by atoms with Crippen molar-refractivity contribution in [3.8, 4) is 11.3 Å². The van der Waals surface area contributed by atoms with Crippen molar-refractivity contribution in [1.29, 1.82) is 0 Å². The van der Waals surface area contributed by atoms with E-state index >= 15 is 0 Å². The van der Waals surface area contributed by atoms with Gasteiger partial charge in [0.1, 0.15) is 0 Å². The van der Waals surface area contributed by atoms with Crippen molar-refractivity contribution < 1.29 is 8.42 Å². The molecule has 4 rings (SSSR count). The summed E-state index contributed by atoms with van der Waals surface area (Å²) < 4.78 is 28.5. The van der Waals surface area contributed by atoms with Gasteiger partial charge >= 0.3 is 0 Å². The third-order valence-corrected chi connectivity index (χ3v) is 8.48. The molecule has 1 fully saturated rings. The Labute approximate surface area is 183 Å². The van der Waals surface area contributed by atoms with Gasteiger partial charge in [0.15, 0.2) is 0 Å². The van der Waals surface area contributed by atoms with Gasteiger partial charge in [-0.15, -0.1) is 11.3 Å². The molecule has 3 aromatic rings. The zero-order valence-corrected chi connectivity index (χ0v) is 19.5. The number of hydrogen-bond donors (Lipinski definition) is 0. The Bertz CT molecular complexity index is 1180. The molecule has 1 aliphatic heterocycles. The molecular formula is C23H27N3O2S2. The molecule has 0 unspecified atom stereocenters. The SMILES string of the molecule is Cc1ccc(C)c(N2CCN(S(=O)(=O)c3cc(-c4csc(C)n4)ccc3C)CC2)c1. The Morgan fingerprint density at radius 3 is 2.27 bits per heavy atom. The van der Waals surface area contributed by atoms with Crippen molar-refractivity contribution >= 4 is 27.0 Å². The molecule has 0 amide bonds. The second-order valence-corrected chi connectivity index (χ2v) is 10.9. The molecule has 2 heterocycles. The summed E-state index contributed by atoms with van der Waals surface area (Å²) in [4.78, 5) is 7.18. The van der Waals surface area contributed by atoms with E-state index in [-0.39, 0.29) is 0 Å². The minimum Gasteiger partial charge on any atom is -0.369 e. The summed E-state index contributed by atoms with van der Waals surface area (Å²) in [6, 6.07) is 12.0. The zero-order chi connectivity index (χ0) is 21.5. The lowest BCUT2D eigenvalue weighted by Crippen LogP contribution is -2.49. The third kappa shape index (κ3) is 4.02. The van der Waals surface area contributed by atoms with Gasteiger partial charge in [-0.3, -0.25) is 0 Å². The molecule has 7 heteroatoms. The summed E-state index contributed by atoms with van der Waals surface area (Å²) >= 11 is 1.57. The van der Waals surface area contributed by atoms with Gasteiger partial charge in [0.05, 0.1) is 15.6 Å². The highest BCUT2D eigenvalue weighted by Crippen LogP contribution is 2.29. The van der Waals surface area contributed by atoms with Gasteiger partial charge < -0.3 is 4.90 Å². The van der Waals surface area contributed by atoms with Crippen LogP contribution in [0.3, 0.4) is 0 Å². The summed E-state index contributed by atoms with van der Waals surface area (Å²) in [5.41, 5.74) is 6.08. The van der Waals surface area contributed by atoms with Crippen molar-refractivity contribution in [3.63, 3.8) is 0 Å². The second-order valence-electron chi connectivity index (χ2n) is 7.91. The predicted octanol–water partition coefficient (Wildman–Crippen LogP) is 4.55. The number of hydrogen-bond acceptors (Lipinski definition) is 5. The number of sulfonamides is 1. The van der Waals surface area contributed by atoms with Gasteiger partial charge in [-0.05, 0) is 56.5 Å². The monoisotopic (exact) mass is 441 g/mol. The Morgan fingerprint density at radius 1 is 0.900 bits per heavy atom. The fourth-order valence-corrected chi connectivity index (χ4v) is 6.20. The minimum absolute atomic E-state index is 0.380. The van der Waals surface area contributed by atoms with E-state index in [1.807, 2.05) is 31.4 Å². The summed E-state index contributed by atoms with van der Waals surface area (Å²) in [6.07, 6.45) is 0. The van der Waals surface area contributed by atoms with E-state index in [4.69, 9.17) is 0 Å². The van der Waals surface area contributed by atoms with Crippen molar-refractivity contribution in [3.05, 3.63) is 63.5 Å².